The minimum atomic E-state index is 0.0897. The summed E-state index contributed by atoms with van der Waals surface area (Å²) in [4.78, 5) is 5.40. The zero-order valence-electron chi connectivity index (χ0n) is 10.6. The van der Waals surface area contributed by atoms with Crippen LogP contribution in [-0.2, 0) is 11.4 Å². The van der Waals surface area contributed by atoms with Crippen molar-refractivity contribution in [3.8, 4) is 6.07 Å². The van der Waals surface area contributed by atoms with Gasteiger partial charge in [-0.1, -0.05) is 44.2 Å². The quantitative estimate of drug-likeness (QED) is 0.580. The van der Waals surface area contributed by atoms with Crippen LogP contribution in [0, 0.1) is 16.7 Å². The minimum absolute atomic E-state index is 0.0897. The van der Waals surface area contributed by atoms with Crippen molar-refractivity contribution in [3.05, 3.63) is 35.9 Å². The molecule has 0 atom stereocenters. The van der Waals surface area contributed by atoms with Gasteiger partial charge < -0.3 is 0 Å². The number of rotatable bonds is 7. The Labute approximate surface area is 103 Å². The minimum Gasteiger partial charge on any atom is -0.297 e. The van der Waals surface area contributed by atoms with Gasteiger partial charge in [0.05, 0.1) is 12.7 Å². The van der Waals surface area contributed by atoms with Crippen molar-refractivity contribution in [2.45, 2.75) is 33.3 Å². The fourth-order valence-electron chi connectivity index (χ4n) is 1.44. The van der Waals surface area contributed by atoms with E-state index in [4.69, 9.17) is 10.1 Å². The van der Waals surface area contributed by atoms with Crippen LogP contribution in [0.25, 0.3) is 0 Å². The fourth-order valence-corrected chi connectivity index (χ4v) is 1.44. The maximum atomic E-state index is 8.55. The van der Waals surface area contributed by atoms with E-state index in [2.05, 4.69) is 25.4 Å². The van der Waals surface area contributed by atoms with Gasteiger partial charge in [0, 0.05) is 13.0 Å². The van der Waals surface area contributed by atoms with Crippen molar-refractivity contribution in [2.75, 3.05) is 6.54 Å². The Morgan fingerprint density at radius 2 is 2.00 bits per heavy atom. The first-order chi connectivity index (χ1) is 8.14. The van der Waals surface area contributed by atoms with Crippen LogP contribution >= 0.6 is 0 Å². The third kappa shape index (κ3) is 6.06. The van der Waals surface area contributed by atoms with Gasteiger partial charge in [-0.3, -0.25) is 4.84 Å². The number of benzene rings is 1. The van der Waals surface area contributed by atoms with E-state index >= 15 is 0 Å². The van der Waals surface area contributed by atoms with Crippen LogP contribution in [0.2, 0.25) is 0 Å². The molecule has 1 aromatic rings. The Balaban J connectivity index is 2.18. The molecule has 1 rings (SSSR count). The Kier molecular flexibility index (Phi) is 5.68. The highest BCUT2D eigenvalue weighted by molar-refractivity contribution is 5.13. The van der Waals surface area contributed by atoms with Gasteiger partial charge in [0.2, 0.25) is 0 Å². The second-order valence-electron chi connectivity index (χ2n) is 4.92. The first-order valence-electron chi connectivity index (χ1n) is 5.89. The lowest BCUT2D eigenvalue weighted by Gasteiger charge is -2.23. The van der Waals surface area contributed by atoms with E-state index in [1.807, 2.05) is 30.3 Å². The molecule has 17 heavy (non-hydrogen) atoms. The lowest BCUT2D eigenvalue weighted by atomic mass is 9.88. The van der Waals surface area contributed by atoms with Crippen LogP contribution in [0.15, 0.2) is 30.3 Å². The molecule has 0 unspecified atom stereocenters. The van der Waals surface area contributed by atoms with Gasteiger partial charge in [-0.15, -0.1) is 0 Å². The molecule has 0 aliphatic rings. The molecule has 0 amide bonds. The summed E-state index contributed by atoms with van der Waals surface area (Å²) >= 11 is 0. The molecule has 1 N–H and O–H groups in total. The normalized spacial score (nSPS) is 11.1. The van der Waals surface area contributed by atoms with Crippen LogP contribution in [-0.4, -0.2) is 6.54 Å². The number of nitriles is 1. The molecule has 0 aliphatic heterocycles. The smallest absolute Gasteiger partial charge is 0.0933 e. The molecule has 0 heterocycles. The van der Waals surface area contributed by atoms with Crippen molar-refractivity contribution in [3.63, 3.8) is 0 Å². The number of hydrogen-bond acceptors (Lipinski definition) is 3. The van der Waals surface area contributed by atoms with Gasteiger partial charge in [0.1, 0.15) is 0 Å². The lowest BCUT2D eigenvalue weighted by molar-refractivity contribution is 0.00811. The molecule has 0 saturated carbocycles. The molecule has 0 aliphatic carbocycles. The predicted molar refractivity (Wildman–Crippen MR) is 67.9 cm³/mol. The fraction of sp³-hybridized carbons (Fsp3) is 0.500. The first kappa shape index (κ1) is 13.7. The predicted octanol–water partition coefficient (Wildman–Crippen LogP) is 3.04. The molecule has 92 valence electrons. The summed E-state index contributed by atoms with van der Waals surface area (Å²) in [6.07, 6.45) is 1.47. The molecule has 0 bridgehead atoms. The lowest BCUT2D eigenvalue weighted by Crippen LogP contribution is -2.29. The first-order valence-corrected chi connectivity index (χ1v) is 5.89. The van der Waals surface area contributed by atoms with Gasteiger partial charge in [-0.2, -0.15) is 5.26 Å². The molecule has 0 fully saturated rings. The van der Waals surface area contributed by atoms with Gasteiger partial charge in [0.15, 0.2) is 0 Å². The summed E-state index contributed by atoms with van der Waals surface area (Å²) in [6, 6.07) is 12.2. The average Bonchev–Trinajstić information content (AvgIpc) is 2.34. The maximum Gasteiger partial charge on any atom is 0.0933 e. The van der Waals surface area contributed by atoms with Crippen molar-refractivity contribution in [2.24, 2.45) is 5.41 Å². The Morgan fingerprint density at radius 1 is 1.29 bits per heavy atom. The average molecular weight is 232 g/mol. The SMILES string of the molecule is CC(C)(CCC#N)CNOCc1ccccc1. The van der Waals surface area contributed by atoms with Crippen molar-refractivity contribution in [1.82, 2.24) is 5.48 Å². The van der Waals surface area contributed by atoms with E-state index in [1.165, 1.54) is 0 Å². The van der Waals surface area contributed by atoms with Crippen LogP contribution in [0.5, 0.6) is 0 Å². The van der Waals surface area contributed by atoms with Crippen LogP contribution in [0.4, 0.5) is 0 Å². The molecular formula is C14H20N2O. The van der Waals surface area contributed by atoms with E-state index in [1.54, 1.807) is 0 Å². The topological polar surface area (TPSA) is 45.0 Å². The van der Waals surface area contributed by atoms with Crippen LogP contribution in [0.3, 0.4) is 0 Å². The Morgan fingerprint density at radius 3 is 2.65 bits per heavy atom. The van der Waals surface area contributed by atoms with E-state index in [0.29, 0.717) is 13.0 Å². The molecule has 0 aromatic heterocycles. The number of nitrogens with one attached hydrogen (secondary N) is 1. The van der Waals surface area contributed by atoms with Crippen LogP contribution in [0.1, 0.15) is 32.3 Å². The Bertz CT molecular complexity index is 354. The van der Waals surface area contributed by atoms with Crippen molar-refractivity contribution in [1.29, 1.82) is 5.26 Å². The highest BCUT2D eigenvalue weighted by atomic mass is 16.6. The number of hydrogen-bond donors (Lipinski definition) is 1. The summed E-state index contributed by atoms with van der Waals surface area (Å²) in [7, 11) is 0. The third-order valence-electron chi connectivity index (χ3n) is 2.65. The van der Waals surface area contributed by atoms with E-state index in [9.17, 15) is 0 Å². The molecule has 0 saturated heterocycles. The third-order valence-corrected chi connectivity index (χ3v) is 2.65. The zero-order chi connectivity index (χ0) is 12.6. The summed E-state index contributed by atoms with van der Waals surface area (Å²) in [5.74, 6) is 0. The highest BCUT2D eigenvalue weighted by Crippen LogP contribution is 2.20. The van der Waals surface area contributed by atoms with E-state index < -0.39 is 0 Å². The summed E-state index contributed by atoms with van der Waals surface area (Å²) in [6.45, 7) is 5.57. The summed E-state index contributed by atoms with van der Waals surface area (Å²) < 4.78 is 0. The second kappa shape index (κ2) is 7.05. The summed E-state index contributed by atoms with van der Waals surface area (Å²) in [5, 5.41) is 8.55. The van der Waals surface area contributed by atoms with Gasteiger partial charge in [-0.05, 0) is 17.4 Å². The maximum absolute atomic E-state index is 8.55. The number of hydroxylamine groups is 1. The largest absolute Gasteiger partial charge is 0.297 e. The molecule has 3 heteroatoms. The van der Waals surface area contributed by atoms with Gasteiger partial charge >= 0.3 is 0 Å². The highest BCUT2D eigenvalue weighted by Gasteiger charge is 2.16. The zero-order valence-corrected chi connectivity index (χ0v) is 10.6. The second-order valence-corrected chi connectivity index (χ2v) is 4.92. The molecular weight excluding hydrogens is 212 g/mol. The summed E-state index contributed by atoms with van der Waals surface area (Å²) in [5.41, 5.74) is 4.21. The standard InChI is InChI=1S/C14H20N2O/c1-14(2,9-6-10-15)12-16-17-11-13-7-4-3-5-8-13/h3-5,7-8,16H,6,9,11-12H2,1-2H3. The van der Waals surface area contributed by atoms with Crippen LogP contribution < -0.4 is 5.48 Å². The number of nitrogens with zero attached hydrogens (tertiary/aromatic N) is 1. The Hall–Kier alpha value is -1.37. The molecule has 3 nitrogen and oxygen atoms in total. The molecule has 1 aromatic carbocycles. The van der Waals surface area contributed by atoms with Crippen molar-refractivity contribution < 1.29 is 4.84 Å². The van der Waals surface area contributed by atoms with Gasteiger partial charge in [0.25, 0.3) is 0 Å². The molecule has 0 radical (unpaired) electrons. The van der Waals surface area contributed by atoms with Crippen molar-refractivity contribution >= 4 is 0 Å². The van der Waals surface area contributed by atoms with E-state index in [0.717, 1.165) is 18.5 Å². The molecule has 0 spiro atoms. The monoisotopic (exact) mass is 232 g/mol. The van der Waals surface area contributed by atoms with Gasteiger partial charge in [-0.25, -0.2) is 5.48 Å². The van der Waals surface area contributed by atoms with E-state index in [-0.39, 0.29) is 5.41 Å².